The summed E-state index contributed by atoms with van der Waals surface area (Å²) in [6, 6.07) is 6.09. The molecule has 0 bridgehead atoms. The minimum Gasteiger partial charge on any atom is -0.481 e. The van der Waals surface area contributed by atoms with Crippen molar-refractivity contribution in [3.05, 3.63) is 28.2 Å². The van der Waals surface area contributed by atoms with Gasteiger partial charge in [0.25, 0.3) is 0 Å². The first-order valence-electron chi connectivity index (χ1n) is 5.92. The smallest absolute Gasteiger partial charge is 0.303 e. The molecule has 1 heterocycles. The largest absolute Gasteiger partial charge is 0.481 e. The molecule has 0 aliphatic carbocycles. The number of benzene rings is 1. The molecule has 0 aromatic heterocycles. The van der Waals surface area contributed by atoms with Crippen molar-refractivity contribution in [3.63, 3.8) is 0 Å². The Morgan fingerprint density at radius 2 is 2.06 bits per heavy atom. The summed E-state index contributed by atoms with van der Waals surface area (Å²) in [7, 11) is 0. The van der Waals surface area contributed by atoms with Crippen LogP contribution in [-0.2, 0) is 11.2 Å². The minimum atomic E-state index is -0.742. The summed E-state index contributed by atoms with van der Waals surface area (Å²) in [5.41, 5.74) is 2.31. The average molecular weight is 298 g/mol. The Morgan fingerprint density at radius 3 is 2.71 bits per heavy atom. The van der Waals surface area contributed by atoms with E-state index < -0.39 is 5.97 Å². The Morgan fingerprint density at radius 1 is 1.35 bits per heavy atom. The summed E-state index contributed by atoms with van der Waals surface area (Å²) in [5.74, 6) is -0.742. The van der Waals surface area contributed by atoms with Crippen molar-refractivity contribution >= 4 is 27.6 Å². The third kappa shape index (κ3) is 3.00. The van der Waals surface area contributed by atoms with Crippen LogP contribution in [0.4, 0.5) is 5.69 Å². The standard InChI is InChI=1S/C13H16BrNO2/c14-11-4-3-5-12(15-8-1-2-9-15)10(11)6-7-13(16)17/h3-5H,1-2,6-9H2,(H,16,17). The lowest BCUT2D eigenvalue weighted by atomic mass is 10.1. The average Bonchev–Trinajstić information content (AvgIpc) is 2.80. The molecule has 0 saturated carbocycles. The van der Waals surface area contributed by atoms with Gasteiger partial charge in [-0.1, -0.05) is 22.0 Å². The van der Waals surface area contributed by atoms with E-state index in [1.165, 1.54) is 18.5 Å². The van der Waals surface area contributed by atoms with Gasteiger partial charge in [0.2, 0.25) is 0 Å². The molecule has 0 atom stereocenters. The molecule has 2 rings (SSSR count). The van der Waals surface area contributed by atoms with Crippen LogP contribution in [0.15, 0.2) is 22.7 Å². The summed E-state index contributed by atoms with van der Waals surface area (Å²) in [6.07, 6.45) is 3.22. The molecular formula is C13H16BrNO2. The van der Waals surface area contributed by atoms with Crippen molar-refractivity contribution in [3.8, 4) is 0 Å². The van der Waals surface area contributed by atoms with Crippen molar-refractivity contribution in [1.29, 1.82) is 0 Å². The number of nitrogens with zero attached hydrogens (tertiary/aromatic N) is 1. The number of rotatable bonds is 4. The van der Waals surface area contributed by atoms with Crippen LogP contribution in [0.1, 0.15) is 24.8 Å². The zero-order valence-electron chi connectivity index (χ0n) is 9.66. The number of hydrogen-bond acceptors (Lipinski definition) is 2. The molecule has 1 aromatic rings. The van der Waals surface area contributed by atoms with E-state index in [9.17, 15) is 4.79 Å². The fourth-order valence-corrected chi connectivity index (χ4v) is 2.83. The molecular weight excluding hydrogens is 282 g/mol. The van der Waals surface area contributed by atoms with Gasteiger partial charge in [-0.25, -0.2) is 0 Å². The highest BCUT2D eigenvalue weighted by Gasteiger charge is 2.17. The number of carboxylic acid groups (broad SMARTS) is 1. The van der Waals surface area contributed by atoms with Gasteiger partial charge in [-0.05, 0) is 37.0 Å². The first-order valence-corrected chi connectivity index (χ1v) is 6.72. The highest BCUT2D eigenvalue weighted by atomic mass is 79.9. The molecule has 0 radical (unpaired) electrons. The zero-order valence-corrected chi connectivity index (χ0v) is 11.2. The number of anilines is 1. The molecule has 0 unspecified atom stereocenters. The molecule has 1 fully saturated rings. The molecule has 1 aliphatic heterocycles. The molecule has 1 N–H and O–H groups in total. The fraction of sp³-hybridized carbons (Fsp3) is 0.462. The lowest BCUT2D eigenvalue weighted by Crippen LogP contribution is -2.19. The summed E-state index contributed by atoms with van der Waals surface area (Å²) < 4.78 is 1.02. The topological polar surface area (TPSA) is 40.5 Å². The summed E-state index contributed by atoms with van der Waals surface area (Å²) in [6.45, 7) is 2.16. The molecule has 0 amide bonds. The summed E-state index contributed by atoms with van der Waals surface area (Å²) in [5, 5.41) is 8.79. The van der Waals surface area contributed by atoms with Gasteiger partial charge < -0.3 is 10.0 Å². The number of carboxylic acids is 1. The Kier molecular flexibility index (Phi) is 4.05. The van der Waals surface area contributed by atoms with Crippen molar-refractivity contribution in [2.24, 2.45) is 0 Å². The Bertz CT molecular complexity index is 414. The molecule has 92 valence electrons. The van der Waals surface area contributed by atoms with E-state index in [4.69, 9.17) is 5.11 Å². The quantitative estimate of drug-likeness (QED) is 0.928. The lowest BCUT2D eigenvalue weighted by Gasteiger charge is -2.22. The summed E-state index contributed by atoms with van der Waals surface area (Å²) in [4.78, 5) is 13.0. The second kappa shape index (κ2) is 5.54. The van der Waals surface area contributed by atoms with Gasteiger partial charge in [0.15, 0.2) is 0 Å². The maximum Gasteiger partial charge on any atom is 0.303 e. The van der Waals surface area contributed by atoms with E-state index in [2.05, 4.69) is 26.9 Å². The van der Waals surface area contributed by atoms with Gasteiger partial charge in [0.1, 0.15) is 0 Å². The second-order valence-corrected chi connectivity index (χ2v) is 5.18. The normalized spacial score (nSPS) is 15.2. The molecule has 3 nitrogen and oxygen atoms in total. The van der Waals surface area contributed by atoms with Crippen molar-refractivity contribution in [1.82, 2.24) is 0 Å². The Hall–Kier alpha value is -1.03. The maximum atomic E-state index is 10.7. The molecule has 1 aromatic carbocycles. The second-order valence-electron chi connectivity index (χ2n) is 4.33. The predicted octanol–water partition coefficient (Wildman–Crippen LogP) is 3.07. The number of halogens is 1. The van der Waals surface area contributed by atoms with Crippen LogP contribution in [0.2, 0.25) is 0 Å². The van der Waals surface area contributed by atoms with Gasteiger partial charge >= 0.3 is 5.97 Å². The van der Waals surface area contributed by atoms with E-state index >= 15 is 0 Å². The van der Waals surface area contributed by atoms with Crippen molar-refractivity contribution in [2.45, 2.75) is 25.7 Å². The third-order valence-corrected chi connectivity index (χ3v) is 3.87. The van der Waals surface area contributed by atoms with E-state index in [1.54, 1.807) is 0 Å². The van der Waals surface area contributed by atoms with E-state index in [-0.39, 0.29) is 6.42 Å². The predicted molar refractivity (Wildman–Crippen MR) is 71.5 cm³/mol. The van der Waals surface area contributed by atoms with Gasteiger partial charge in [-0.2, -0.15) is 0 Å². The van der Waals surface area contributed by atoms with Crippen LogP contribution in [-0.4, -0.2) is 24.2 Å². The Balaban J connectivity index is 2.23. The minimum absolute atomic E-state index is 0.184. The van der Waals surface area contributed by atoms with Gasteiger partial charge in [0, 0.05) is 29.7 Å². The van der Waals surface area contributed by atoms with Crippen molar-refractivity contribution < 1.29 is 9.90 Å². The number of hydrogen-bond donors (Lipinski definition) is 1. The maximum absolute atomic E-state index is 10.7. The molecule has 0 spiro atoms. The summed E-state index contributed by atoms with van der Waals surface area (Å²) >= 11 is 3.52. The highest BCUT2D eigenvalue weighted by molar-refractivity contribution is 9.10. The van der Waals surface area contributed by atoms with Crippen LogP contribution in [0.25, 0.3) is 0 Å². The highest BCUT2D eigenvalue weighted by Crippen LogP contribution is 2.31. The van der Waals surface area contributed by atoms with Crippen LogP contribution < -0.4 is 4.90 Å². The van der Waals surface area contributed by atoms with E-state index in [1.807, 2.05) is 12.1 Å². The van der Waals surface area contributed by atoms with Crippen LogP contribution >= 0.6 is 15.9 Å². The van der Waals surface area contributed by atoms with Gasteiger partial charge in [-0.3, -0.25) is 4.79 Å². The Labute approximate surface area is 110 Å². The SMILES string of the molecule is O=C(O)CCc1c(Br)cccc1N1CCCC1. The van der Waals surface area contributed by atoms with Crippen LogP contribution in [0, 0.1) is 0 Å². The van der Waals surface area contributed by atoms with Crippen LogP contribution in [0.5, 0.6) is 0 Å². The van der Waals surface area contributed by atoms with Crippen molar-refractivity contribution in [2.75, 3.05) is 18.0 Å². The third-order valence-electron chi connectivity index (χ3n) is 3.13. The number of carbonyl (C=O) groups is 1. The monoisotopic (exact) mass is 297 g/mol. The first kappa shape index (κ1) is 12.4. The fourth-order valence-electron chi connectivity index (χ4n) is 2.28. The number of aliphatic carboxylic acids is 1. The molecule has 1 saturated heterocycles. The lowest BCUT2D eigenvalue weighted by molar-refractivity contribution is -0.136. The van der Waals surface area contributed by atoms with E-state index in [0.717, 1.165) is 23.1 Å². The zero-order chi connectivity index (χ0) is 12.3. The van der Waals surface area contributed by atoms with Crippen LogP contribution in [0.3, 0.4) is 0 Å². The van der Waals surface area contributed by atoms with Gasteiger partial charge in [-0.15, -0.1) is 0 Å². The molecule has 17 heavy (non-hydrogen) atoms. The molecule has 1 aliphatic rings. The van der Waals surface area contributed by atoms with Gasteiger partial charge in [0.05, 0.1) is 0 Å². The molecule has 4 heteroatoms. The van der Waals surface area contributed by atoms with E-state index in [0.29, 0.717) is 6.42 Å². The first-order chi connectivity index (χ1) is 8.18.